The Morgan fingerprint density at radius 2 is 1.35 bits per heavy atom. The highest BCUT2D eigenvalue weighted by Gasteiger charge is 2.37. The number of nitrogens with zero attached hydrogens (tertiary/aromatic N) is 6. The quantitative estimate of drug-likeness (QED) is 0.0801. The fraction of sp³-hybridized carbons (Fsp3) is 0.442. The van der Waals surface area contributed by atoms with E-state index in [-0.39, 0.29) is 34.2 Å². The molecule has 0 spiro atoms. The highest BCUT2D eigenvalue weighted by molar-refractivity contribution is 7.90. The summed E-state index contributed by atoms with van der Waals surface area (Å²) in [7, 11) is -3.07. The lowest BCUT2D eigenvalue weighted by molar-refractivity contribution is -0.145. The van der Waals surface area contributed by atoms with E-state index < -0.39 is 24.2 Å². The van der Waals surface area contributed by atoms with Crippen molar-refractivity contribution in [2.24, 2.45) is 0 Å². The van der Waals surface area contributed by atoms with Crippen LogP contribution >= 0.6 is 0 Å². The zero-order valence-corrected chi connectivity index (χ0v) is 42.1. The van der Waals surface area contributed by atoms with Crippen molar-refractivity contribution in [3.63, 3.8) is 0 Å². The second-order valence-electron chi connectivity index (χ2n) is 19.3. The van der Waals surface area contributed by atoms with Gasteiger partial charge in [0.15, 0.2) is 18.2 Å². The van der Waals surface area contributed by atoms with E-state index in [1.54, 1.807) is 30.0 Å². The summed E-state index contributed by atoms with van der Waals surface area (Å²) in [6, 6.07) is 32.3. The zero-order chi connectivity index (χ0) is 47.6. The minimum absolute atomic E-state index is 0.0836. The third-order valence-electron chi connectivity index (χ3n) is 13.5. The van der Waals surface area contributed by atoms with Gasteiger partial charge in [0, 0.05) is 116 Å². The van der Waals surface area contributed by atoms with Crippen molar-refractivity contribution >= 4 is 53.3 Å². The molecular weight excluding hydrogens is 865 g/mol. The maximum absolute atomic E-state index is 14.9. The molecule has 2 fully saturated rings. The van der Waals surface area contributed by atoms with Crippen LogP contribution in [0.1, 0.15) is 49.9 Å². The number of rotatable bonds is 17. The maximum Gasteiger partial charge on any atom is 0.247 e. The Hall–Kier alpha value is -5.28. The van der Waals surface area contributed by atoms with Gasteiger partial charge in [0.1, 0.15) is 6.04 Å². The molecule has 354 valence electrons. The van der Waals surface area contributed by atoms with E-state index in [9.17, 15) is 22.8 Å². The van der Waals surface area contributed by atoms with Crippen molar-refractivity contribution in [3.05, 3.63) is 131 Å². The van der Waals surface area contributed by atoms with Crippen molar-refractivity contribution in [3.8, 4) is 0 Å². The lowest BCUT2D eigenvalue weighted by Crippen LogP contribution is -2.56. The zero-order valence-electron chi connectivity index (χ0n) is 40.3. The molecule has 2 heterocycles. The summed E-state index contributed by atoms with van der Waals surface area (Å²) in [5.41, 5.74) is 5.90. The number of amides is 3. The first-order valence-corrected chi connectivity index (χ1v) is 27.9. The van der Waals surface area contributed by atoms with Crippen molar-refractivity contribution in [2.75, 3.05) is 88.6 Å². The number of likely N-dealkylation sites (N-methyl/N-ethyl adjacent to an activating group) is 1. The molecule has 0 radical (unpaired) electrons. The van der Waals surface area contributed by atoms with Crippen molar-refractivity contribution in [1.29, 1.82) is 0 Å². The SMILES string of the molecule is CC(=O)N1CCN(c2ccc(CN(C(=O)C=Cc3ccc(S(C)(=O)=O)cc3)C(Cc3ccccc3)C(=O)N3CCN(Cc4ccc(N(C)CCO[Si](C)(C)C(C)(C)C)cc4)CC3)cc2)CC1. The van der Waals surface area contributed by atoms with Gasteiger partial charge < -0.3 is 28.9 Å². The van der Waals surface area contributed by atoms with Crippen LogP contribution in [0.3, 0.4) is 0 Å². The number of piperazine rings is 2. The number of anilines is 2. The number of sulfone groups is 1. The Morgan fingerprint density at radius 3 is 1.92 bits per heavy atom. The van der Waals surface area contributed by atoms with Gasteiger partial charge in [0.25, 0.3) is 0 Å². The second-order valence-corrected chi connectivity index (χ2v) is 26.1. The van der Waals surface area contributed by atoms with Gasteiger partial charge in [-0.2, -0.15) is 0 Å². The summed E-state index contributed by atoms with van der Waals surface area (Å²) in [5.74, 6) is -0.334. The molecule has 2 saturated heterocycles. The van der Waals surface area contributed by atoms with Crippen molar-refractivity contribution in [2.45, 2.75) is 76.3 Å². The topological polar surface area (TPSA) is 114 Å². The molecule has 12 nitrogen and oxygen atoms in total. The van der Waals surface area contributed by atoms with Gasteiger partial charge in [-0.1, -0.05) is 87.5 Å². The van der Waals surface area contributed by atoms with Crippen LogP contribution in [-0.2, 0) is 48.2 Å². The number of carbonyl (C=O) groups is 3. The van der Waals surface area contributed by atoms with E-state index in [4.69, 9.17) is 4.43 Å². The molecule has 0 bridgehead atoms. The van der Waals surface area contributed by atoms with Gasteiger partial charge >= 0.3 is 0 Å². The second kappa shape index (κ2) is 22.0. The highest BCUT2D eigenvalue weighted by atomic mass is 32.2. The highest BCUT2D eigenvalue weighted by Crippen LogP contribution is 2.36. The number of benzene rings is 4. The molecule has 0 aromatic heterocycles. The van der Waals surface area contributed by atoms with E-state index in [1.807, 2.05) is 64.4 Å². The molecular formula is C52H70N6O6SSi. The molecule has 6 rings (SSSR count). The van der Waals surface area contributed by atoms with Crippen LogP contribution < -0.4 is 9.80 Å². The monoisotopic (exact) mass is 934 g/mol. The Labute approximate surface area is 394 Å². The van der Waals surface area contributed by atoms with E-state index in [2.05, 4.69) is 79.9 Å². The predicted octanol–water partition coefficient (Wildman–Crippen LogP) is 7.21. The van der Waals surface area contributed by atoms with Crippen LogP contribution in [0.15, 0.2) is 114 Å². The van der Waals surface area contributed by atoms with Gasteiger partial charge in [-0.15, -0.1) is 0 Å². The molecule has 4 aromatic carbocycles. The van der Waals surface area contributed by atoms with Gasteiger partial charge in [0.2, 0.25) is 17.7 Å². The van der Waals surface area contributed by atoms with Crippen LogP contribution in [0.25, 0.3) is 6.08 Å². The molecule has 66 heavy (non-hydrogen) atoms. The fourth-order valence-corrected chi connectivity index (χ4v) is 9.79. The summed E-state index contributed by atoms with van der Waals surface area (Å²) in [5, 5.41) is 0.179. The van der Waals surface area contributed by atoms with Crippen LogP contribution in [0, 0.1) is 0 Å². The molecule has 0 aliphatic carbocycles. The average Bonchev–Trinajstić information content (AvgIpc) is 3.29. The minimum Gasteiger partial charge on any atom is -0.415 e. The first-order chi connectivity index (χ1) is 31.3. The Morgan fingerprint density at radius 1 is 0.758 bits per heavy atom. The maximum atomic E-state index is 14.9. The molecule has 1 atom stereocenters. The third-order valence-corrected chi connectivity index (χ3v) is 19.2. The predicted molar refractivity (Wildman–Crippen MR) is 269 cm³/mol. The van der Waals surface area contributed by atoms with Gasteiger partial charge in [-0.3, -0.25) is 19.3 Å². The smallest absolute Gasteiger partial charge is 0.247 e. The van der Waals surface area contributed by atoms with Crippen molar-refractivity contribution < 1.29 is 27.2 Å². The molecule has 3 amide bonds. The normalized spacial score (nSPS) is 15.8. The standard InChI is InChI=1S/C52H70N6O6SSi/c1-41(59)55-32-34-56(35-33-55)47-23-16-45(17-24-47)40-58(50(60)27-20-42-18-25-48(26-19-42)65(6,62)63)49(38-43-12-10-9-11-13-43)51(61)57-30-28-54(29-31-57)39-44-14-21-46(22-15-44)53(5)36-37-64-66(7,8)52(2,3)4/h9-27,49H,28-40H2,1-8H3. The van der Waals surface area contributed by atoms with E-state index >= 15 is 0 Å². The molecule has 14 heteroatoms. The average molecular weight is 935 g/mol. The first-order valence-electron chi connectivity index (χ1n) is 23.1. The van der Waals surface area contributed by atoms with Crippen LogP contribution in [0.5, 0.6) is 0 Å². The van der Waals surface area contributed by atoms with E-state index in [0.717, 1.165) is 54.9 Å². The van der Waals surface area contributed by atoms with Crippen LogP contribution in [0.2, 0.25) is 18.1 Å². The van der Waals surface area contributed by atoms with E-state index in [1.165, 1.54) is 23.8 Å². The minimum atomic E-state index is -3.38. The number of carbonyl (C=O) groups excluding carboxylic acids is 3. The van der Waals surface area contributed by atoms with Crippen molar-refractivity contribution in [1.82, 2.24) is 19.6 Å². The van der Waals surface area contributed by atoms with E-state index in [0.29, 0.717) is 57.9 Å². The molecule has 4 aromatic rings. The molecule has 0 saturated carbocycles. The van der Waals surface area contributed by atoms with Gasteiger partial charge in [-0.25, -0.2) is 8.42 Å². The molecule has 2 aliphatic heterocycles. The summed E-state index contributed by atoms with van der Waals surface area (Å²) in [6.45, 7) is 20.7. The largest absolute Gasteiger partial charge is 0.415 e. The van der Waals surface area contributed by atoms with Gasteiger partial charge in [0.05, 0.1) is 11.5 Å². The van der Waals surface area contributed by atoms with Gasteiger partial charge in [-0.05, 0) is 82.9 Å². The Bertz CT molecular complexity index is 2370. The third kappa shape index (κ3) is 13.6. The Kier molecular flexibility index (Phi) is 16.7. The van der Waals surface area contributed by atoms with Crippen LogP contribution in [-0.4, -0.2) is 139 Å². The summed E-state index contributed by atoms with van der Waals surface area (Å²) in [4.78, 5) is 53.9. The lowest BCUT2D eigenvalue weighted by atomic mass is 10.0. The Balaban J connectivity index is 1.16. The first kappa shape index (κ1) is 50.1. The van der Waals surface area contributed by atoms with Crippen LogP contribution in [0.4, 0.5) is 11.4 Å². The summed E-state index contributed by atoms with van der Waals surface area (Å²) in [6.07, 6.45) is 4.65. The fourth-order valence-electron chi connectivity index (χ4n) is 8.12. The molecule has 1 unspecified atom stereocenters. The number of hydrogen-bond acceptors (Lipinski definition) is 9. The molecule has 2 aliphatic rings. The number of hydrogen-bond donors (Lipinski definition) is 0. The lowest BCUT2D eigenvalue weighted by Gasteiger charge is -2.39. The summed E-state index contributed by atoms with van der Waals surface area (Å²) < 4.78 is 30.6. The summed E-state index contributed by atoms with van der Waals surface area (Å²) >= 11 is 0. The molecule has 0 N–H and O–H groups in total.